The molecule has 0 aromatic carbocycles. The molecule has 0 saturated carbocycles. The number of aromatic nitrogens is 1. The summed E-state index contributed by atoms with van der Waals surface area (Å²) in [5.74, 6) is 0.403. The Morgan fingerprint density at radius 2 is 1.79 bits per heavy atom. The van der Waals surface area contributed by atoms with Gasteiger partial charge in [-0.2, -0.15) is 0 Å². The molecule has 0 aliphatic heterocycles. The van der Waals surface area contributed by atoms with Crippen molar-refractivity contribution in [3.63, 3.8) is 0 Å². The van der Waals surface area contributed by atoms with Gasteiger partial charge in [0.2, 0.25) is 0 Å². The van der Waals surface area contributed by atoms with Crippen LogP contribution in [0.2, 0.25) is 0 Å². The Balaban J connectivity index is 2.74. The first-order chi connectivity index (χ1) is 10.7. The van der Waals surface area contributed by atoms with Crippen LogP contribution in [0.15, 0.2) is 12.3 Å². The van der Waals surface area contributed by atoms with Crippen LogP contribution < -0.4 is 10.8 Å². The number of nitrogens with zero attached hydrogens (tertiary/aromatic N) is 1. The molecule has 7 heteroatoms. The van der Waals surface area contributed by atoms with Crippen LogP contribution in [0, 0.1) is 6.92 Å². The van der Waals surface area contributed by atoms with Gasteiger partial charge in [0.25, 0.3) is 0 Å². The maximum absolute atomic E-state index is 11.8. The number of hydrogen-bond donors (Lipinski definition) is 2. The van der Waals surface area contributed by atoms with Crippen LogP contribution in [0.1, 0.15) is 54.0 Å². The maximum Gasteiger partial charge on any atom is 0.413 e. The van der Waals surface area contributed by atoms with E-state index in [-0.39, 0.29) is 0 Å². The molecule has 1 heterocycles. The molecule has 0 bridgehead atoms. The number of aryl methyl sites for hydroxylation is 1. The molecule has 0 atom stereocenters. The Morgan fingerprint density at radius 3 is 2.25 bits per heavy atom. The van der Waals surface area contributed by atoms with Gasteiger partial charge in [-0.15, -0.1) is 0 Å². The number of rotatable bonds is 5. The highest BCUT2D eigenvalue weighted by atomic mass is 16.6. The Morgan fingerprint density at radius 1 is 1.21 bits per heavy atom. The van der Waals surface area contributed by atoms with Gasteiger partial charge in [0.15, 0.2) is 0 Å². The molecule has 0 fully saturated rings. The van der Waals surface area contributed by atoms with Gasteiger partial charge in [-0.05, 0) is 72.5 Å². The van der Waals surface area contributed by atoms with Crippen LogP contribution in [-0.4, -0.2) is 40.5 Å². The van der Waals surface area contributed by atoms with E-state index in [1.165, 1.54) is 0 Å². The molecule has 0 unspecified atom stereocenters. The SMILES string of the molecule is Cc1cc(NC(=O)OC(C)(C)C)ncc1[B]OC(C)(C)C(C)(C)O. The van der Waals surface area contributed by atoms with Gasteiger partial charge >= 0.3 is 13.6 Å². The normalized spacial score (nSPS) is 12.7. The molecule has 24 heavy (non-hydrogen) atoms. The van der Waals surface area contributed by atoms with E-state index in [1.807, 2.05) is 20.8 Å². The number of hydrogen-bond acceptors (Lipinski definition) is 5. The van der Waals surface area contributed by atoms with E-state index in [4.69, 9.17) is 9.39 Å². The number of aliphatic hydroxyl groups is 1. The van der Waals surface area contributed by atoms with Crippen molar-refractivity contribution in [2.45, 2.75) is 72.2 Å². The highest BCUT2D eigenvalue weighted by molar-refractivity contribution is 6.47. The number of nitrogens with one attached hydrogen (secondary N) is 1. The van der Waals surface area contributed by atoms with Crippen molar-refractivity contribution >= 4 is 24.9 Å². The van der Waals surface area contributed by atoms with E-state index in [9.17, 15) is 9.90 Å². The fourth-order valence-electron chi connectivity index (χ4n) is 1.52. The van der Waals surface area contributed by atoms with Crippen LogP contribution in [0.3, 0.4) is 0 Å². The molecule has 1 aromatic rings. The molecule has 1 aromatic heterocycles. The molecule has 0 aliphatic carbocycles. The van der Waals surface area contributed by atoms with Gasteiger partial charge in [-0.1, -0.05) is 0 Å². The highest BCUT2D eigenvalue weighted by Gasteiger charge is 2.35. The average Bonchev–Trinajstić information content (AvgIpc) is 2.33. The van der Waals surface area contributed by atoms with Gasteiger partial charge in [-0.3, -0.25) is 5.32 Å². The fourth-order valence-corrected chi connectivity index (χ4v) is 1.52. The van der Waals surface area contributed by atoms with E-state index in [0.717, 1.165) is 11.0 Å². The number of anilines is 1. The van der Waals surface area contributed by atoms with Crippen molar-refractivity contribution in [3.8, 4) is 0 Å². The second-order valence-electron chi connectivity index (χ2n) is 7.86. The molecule has 133 valence electrons. The van der Waals surface area contributed by atoms with Crippen LogP contribution in [-0.2, 0) is 9.39 Å². The van der Waals surface area contributed by atoms with Gasteiger partial charge in [0.1, 0.15) is 11.4 Å². The third kappa shape index (κ3) is 6.13. The smallest absolute Gasteiger partial charge is 0.413 e. The number of ether oxygens (including phenoxy) is 1. The van der Waals surface area contributed by atoms with Crippen molar-refractivity contribution in [3.05, 3.63) is 17.8 Å². The third-order valence-corrected chi connectivity index (χ3v) is 3.73. The van der Waals surface area contributed by atoms with Gasteiger partial charge < -0.3 is 14.5 Å². The maximum atomic E-state index is 11.8. The zero-order chi connectivity index (χ0) is 18.8. The molecular weight excluding hydrogens is 307 g/mol. The van der Waals surface area contributed by atoms with E-state index >= 15 is 0 Å². The third-order valence-electron chi connectivity index (χ3n) is 3.73. The lowest BCUT2D eigenvalue weighted by Crippen LogP contribution is -2.49. The summed E-state index contributed by atoms with van der Waals surface area (Å²) in [5.41, 5.74) is -0.677. The zero-order valence-electron chi connectivity index (χ0n) is 15.9. The lowest BCUT2D eigenvalue weighted by molar-refractivity contribution is -0.0893. The van der Waals surface area contributed by atoms with E-state index in [2.05, 4.69) is 10.3 Å². The van der Waals surface area contributed by atoms with Crippen LogP contribution in [0.25, 0.3) is 0 Å². The summed E-state index contributed by atoms with van der Waals surface area (Å²) in [5, 5.41) is 12.7. The Bertz CT molecular complexity index is 589. The van der Waals surface area contributed by atoms with Crippen LogP contribution >= 0.6 is 0 Å². The second kappa shape index (κ2) is 7.11. The quantitative estimate of drug-likeness (QED) is 0.809. The predicted molar refractivity (Wildman–Crippen MR) is 95.7 cm³/mol. The molecule has 1 radical (unpaired) electrons. The molecule has 2 N–H and O–H groups in total. The number of carbonyl (C=O) groups is 1. The number of carbonyl (C=O) groups excluding carboxylic acids is 1. The Kier molecular flexibility index (Phi) is 6.06. The molecule has 0 aliphatic rings. The minimum absolute atomic E-state index is 0.403. The first-order valence-corrected chi connectivity index (χ1v) is 7.91. The summed E-state index contributed by atoms with van der Waals surface area (Å²) >= 11 is 0. The fraction of sp³-hybridized carbons (Fsp3) is 0.647. The molecule has 1 rings (SSSR count). The van der Waals surface area contributed by atoms with Crippen LogP contribution in [0.4, 0.5) is 10.6 Å². The summed E-state index contributed by atoms with van der Waals surface area (Å²) in [6.45, 7) is 14.3. The molecular formula is C17H28BN2O4. The minimum atomic E-state index is -0.997. The van der Waals surface area contributed by atoms with Crippen molar-refractivity contribution < 1.29 is 19.3 Å². The van der Waals surface area contributed by atoms with Gasteiger partial charge in [0, 0.05) is 6.20 Å². The molecule has 0 spiro atoms. The minimum Gasteiger partial charge on any atom is -0.444 e. The van der Waals surface area contributed by atoms with Crippen molar-refractivity contribution in [2.75, 3.05) is 5.32 Å². The predicted octanol–water partition coefficient (Wildman–Crippen LogP) is 2.55. The van der Waals surface area contributed by atoms with E-state index in [0.29, 0.717) is 5.82 Å². The summed E-state index contributed by atoms with van der Waals surface area (Å²) in [6, 6.07) is 1.73. The summed E-state index contributed by atoms with van der Waals surface area (Å²) < 4.78 is 10.9. The Labute approximate surface area is 145 Å². The molecule has 6 nitrogen and oxygen atoms in total. The largest absolute Gasteiger partial charge is 0.444 e. The molecule has 1 amide bonds. The van der Waals surface area contributed by atoms with Crippen molar-refractivity contribution in [2.24, 2.45) is 0 Å². The summed E-state index contributed by atoms with van der Waals surface area (Å²) in [6.07, 6.45) is 1.05. The Hall–Kier alpha value is -1.60. The standard InChI is InChI=1S/C17H28BN2O4/c1-11-9-13(20-14(21)23-15(2,3)4)19-10-12(11)18-24-17(7,8)16(5,6)22/h9-10,22H,1-8H3,(H,19,20,21). The zero-order valence-corrected chi connectivity index (χ0v) is 15.9. The van der Waals surface area contributed by atoms with Crippen LogP contribution in [0.5, 0.6) is 0 Å². The van der Waals surface area contributed by atoms with Gasteiger partial charge in [0.05, 0.1) is 11.2 Å². The average molecular weight is 335 g/mol. The summed E-state index contributed by atoms with van der Waals surface area (Å²) in [7, 11) is 1.57. The van der Waals surface area contributed by atoms with Crippen molar-refractivity contribution in [1.82, 2.24) is 4.98 Å². The monoisotopic (exact) mass is 335 g/mol. The highest BCUT2D eigenvalue weighted by Crippen LogP contribution is 2.24. The first-order valence-electron chi connectivity index (χ1n) is 7.91. The summed E-state index contributed by atoms with van der Waals surface area (Å²) in [4.78, 5) is 15.9. The number of amides is 1. The van der Waals surface area contributed by atoms with E-state index in [1.54, 1.807) is 54.4 Å². The van der Waals surface area contributed by atoms with Gasteiger partial charge in [-0.25, -0.2) is 9.78 Å². The topological polar surface area (TPSA) is 80.7 Å². The first kappa shape index (κ1) is 20.4. The lowest BCUT2D eigenvalue weighted by atomic mass is 9.81. The van der Waals surface area contributed by atoms with E-state index < -0.39 is 22.9 Å². The van der Waals surface area contributed by atoms with Crippen molar-refractivity contribution in [1.29, 1.82) is 0 Å². The molecule has 0 saturated heterocycles. The lowest BCUT2D eigenvalue weighted by Gasteiger charge is -2.37. The second-order valence-corrected chi connectivity index (χ2v) is 7.86. The number of pyridine rings is 1.